The predicted molar refractivity (Wildman–Crippen MR) is 53.1 cm³/mol. The molecule has 0 amide bonds. The number of aliphatic hydroxyl groups excluding tert-OH is 1. The second kappa shape index (κ2) is 3.09. The summed E-state index contributed by atoms with van der Waals surface area (Å²) in [5.41, 5.74) is 1.33. The van der Waals surface area contributed by atoms with Gasteiger partial charge in [0.05, 0.1) is 0 Å². The SMILES string of the molecule is OCC1CCn2c(cnc2C2CC2)C1. The molecular formula is C11H16N2O. The molecule has 2 heterocycles. The normalized spacial score (nSPS) is 26.2. The van der Waals surface area contributed by atoms with Crippen LogP contribution in [0.5, 0.6) is 0 Å². The Hall–Kier alpha value is -0.830. The van der Waals surface area contributed by atoms with E-state index in [1.807, 2.05) is 6.20 Å². The van der Waals surface area contributed by atoms with Crippen molar-refractivity contribution in [3.63, 3.8) is 0 Å². The van der Waals surface area contributed by atoms with Crippen molar-refractivity contribution < 1.29 is 5.11 Å². The summed E-state index contributed by atoms with van der Waals surface area (Å²) in [4.78, 5) is 4.51. The first-order valence-corrected chi connectivity index (χ1v) is 5.53. The highest BCUT2D eigenvalue weighted by Crippen LogP contribution is 2.40. The van der Waals surface area contributed by atoms with Gasteiger partial charge in [-0.2, -0.15) is 0 Å². The van der Waals surface area contributed by atoms with E-state index in [4.69, 9.17) is 5.11 Å². The summed E-state index contributed by atoms with van der Waals surface area (Å²) >= 11 is 0. The Morgan fingerprint density at radius 3 is 3.00 bits per heavy atom. The number of imidazole rings is 1. The topological polar surface area (TPSA) is 38.0 Å². The number of rotatable bonds is 2. The zero-order valence-corrected chi connectivity index (χ0v) is 8.32. The number of nitrogens with zero attached hydrogens (tertiary/aromatic N) is 2. The molecule has 1 aliphatic carbocycles. The van der Waals surface area contributed by atoms with Crippen molar-refractivity contribution in [1.29, 1.82) is 0 Å². The molecule has 1 aromatic rings. The highest BCUT2D eigenvalue weighted by atomic mass is 16.3. The lowest BCUT2D eigenvalue weighted by Gasteiger charge is -2.23. The van der Waals surface area contributed by atoms with E-state index in [-0.39, 0.29) is 0 Å². The maximum Gasteiger partial charge on any atom is 0.111 e. The Morgan fingerprint density at radius 2 is 2.29 bits per heavy atom. The standard InChI is InChI=1S/C11H16N2O/c14-7-8-3-4-13-10(5-8)6-12-11(13)9-1-2-9/h6,8-9,14H,1-5,7H2. The van der Waals surface area contributed by atoms with Crippen LogP contribution in [-0.2, 0) is 13.0 Å². The molecule has 1 atom stereocenters. The van der Waals surface area contributed by atoms with Gasteiger partial charge in [0.25, 0.3) is 0 Å². The van der Waals surface area contributed by atoms with Crippen molar-refractivity contribution in [1.82, 2.24) is 9.55 Å². The van der Waals surface area contributed by atoms with Crippen molar-refractivity contribution in [2.24, 2.45) is 5.92 Å². The van der Waals surface area contributed by atoms with Gasteiger partial charge in [-0.3, -0.25) is 0 Å². The molecule has 2 aliphatic rings. The first-order valence-electron chi connectivity index (χ1n) is 5.53. The Bertz CT molecular complexity index is 341. The van der Waals surface area contributed by atoms with Gasteiger partial charge in [-0.15, -0.1) is 0 Å². The molecule has 3 heteroatoms. The van der Waals surface area contributed by atoms with Crippen molar-refractivity contribution in [3.8, 4) is 0 Å². The summed E-state index contributed by atoms with van der Waals surface area (Å²) in [6.07, 6.45) is 6.77. The van der Waals surface area contributed by atoms with Crippen molar-refractivity contribution in [2.45, 2.75) is 38.1 Å². The third-order valence-corrected chi connectivity index (χ3v) is 3.43. The Labute approximate surface area is 83.8 Å². The zero-order valence-electron chi connectivity index (χ0n) is 8.32. The van der Waals surface area contributed by atoms with E-state index in [1.165, 1.54) is 24.4 Å². The van der Waals surface area contributed by atoms with Gasteiger partial charge in [0, 0.05) is 31.0 Å². The monoisotopic (exact) mass is 192 g/mol. The Kier molecular flexibility index (Phi) is 1.87. The largest absolute Gasteiger partial charge is 0.396 e. The number of hydrogen-bond donors (Lipinski definition) is 1. The van der Waals surface area contributed by atoms with Crippen molar-refractivity contribution in [2.75, 3.05) is 6.61 Å². The van der Waals surface area contributed by atoms with Crippen molar-refractivity contribution >= 4 is 0 Å². The third kappa shape index (κ3) is 1.27. The average molecular weight is 192 g/mol. The minimum absolute atomic E-state index is 0.323. The summed E-state index contributed by atoms with van der Waals surface area (Å²) in [6.45, 7) is 1.39. The van der Waals surface area contributed by atoms with Crippen LogP contribution in [0.15, 0.2) is 6.20 Å². The van der Waals surface area contributed by atoms with Gasteiger partial charge in [0.2, 0.25) is 0 Å². The smallest absolute Gasteiger partial charge is 0.111 e. The molecule has 76 valence electrons. The molecule has 1 saturated carbocycles. The Morgan fingerprint density at radius 1 is 1.43 bits per heavy atom. The summed E-state index contributed by atoms with van der Waals surface area (Å²) < 4.78 is 2.38. The highest BCUT2D eigenvalue weighted by molar-refractivity contribution is 5.15. The molecule has 0 saturated heterocycles. The van der Waals surface area contributed by atoms with Gasteiger partial charge in [-0.05, 0) is 31.6 Å². The van der Waals surface area contributed by atoms with Gasteiger partial charge >= 0.3 is 0 Å². The lowest BCUT2D eigenvalue weighted by Crippen LogP contribution is -2.22. The third-order valence-electron chi connectivity index (χ3n) is 3.43. The molecule has 0 spiro atoms. The molecule has 1 unspecified atom stereocenters. The van der Waals surface area contributed by atoms with Gasteiger partial charge < -0.3 is 9.67 Å². The molecule has 14 heavy (non-hydrogen) atoms. The van der Waals surface area contributed by atoms with E-state index < -0.39 is 0 Å². The molecule has 0 aromatic carbocycles. The molecule has 1 aliphatic heterocycles. The number of fused-ring (bicyclic) bond motifs is 1. The first-order chi connectivity index (χ1) is 6.88. The van der Waals surface area contributed by atoms with Crippen LogP contribution in [0.2, 0.25) is 0 Å². The molecule has 0 radical (unpaired) electrons. The molecule has 3 rings (SSSR count). The van der Waals surface area contributed by atoms with E-state index >= 15 is 0 Å². The van der Waals surface area contributed by atoms with Crippen LogP contribution in [-0.4, -0.2) is 21.3 Å². The van der Waals surface area contributed by atoms with Crippen LogP contribution in [0.3, 0.4) is 0 Å². The molecule has 1 N–H and O–H groups in total. The van der Waals surface area contributed by atoms with E-state index in [9.17, 15) is 0 Å². The summed E-state index contributed by atoms with van der Waals surface area (Å²) in [5, 5.41) is 9.12. The van der Waals surface area contributed by atoms with Gasteiger partial charge in [0.1, 0.15) is 5.82 Å². The zero-order chi connectivity index (χ0) is 9.54. The summed E-state index contributed by atoms with van der Waals surface area (Å²) in [6, 6.07) is 0. The molecule has 3 nitrogen and oxygen atoms in total. The average Bonchev–Trinajstić information content (AvgIpc) is 2.98. The van der Waals surface area contributed by atoms with E-state index in [0.29, 0.717) is 12.5 Å². The van der Waals surface area contributed by atoms with Crippen molar-refractivity contribution in [3.05, 3.63) is 17.7 Å². The number of hydrogen-bond acceptors (Lipinski definition) is 2. The minimum Gasteiger partial charge on any atom is -0.396 e. The van der Waals surface area contributed by atoms with Crippen LogP contribution >= 0.6 is 0 Å². The molecule has 1 fully saturated rings. The van der Waals surface area contributed by atoms with Crippen LogP contribution in [0.4, 0.5) is 0 Å². The van der Waals surface area contributed by atoms with E-state index in [1.54, 1.807) is 0 Å². The highest BCUT2D eigenvalue weighted by Gasteiger charge is 2.31. The number of aliphatic hydroxyl groups is 1. The van der Waals surface area contributed by atoms with Crippen LogP contribution in [0.1, 0.15) is 36.7 Å². The molecular weight excluding hydrogens is 176 g/mol. The maximum atomic E-state index is 9.12. The van der Waals surface area contributed by atoms with Gasteiger partial charge in [-0.1, -0.05) is 0 Å². The van der Waals surface area contributed by atoms with E-state index in [0.717, 1.165) is 25.3 Å². The first kappa shape index (κ1) is 8.48. The van der Waals surface area contributed by atoms with Crippen LogP contribution in [0, 0.1) is 5.92 Å². The van der Waals surface area contributed by atoms with Crippen LogP contribution in [0.25, 0.3) is 0 Å². The fraction of sp³-hybridized carbons (Fsp3) is 0.727. The second-order valence-corrected chi connectivity index (χ2v) is 4.58. The van der Waals surface area contributed by atoms with Gasteiger partial charge in [0.15, 0.2) is 0 Å². The van der Waals surface area contributed by atoms with E-state index in [2.05, 4.69) is 9.55 Å². The minimum atomic E-state index is 0.323. The van der Waals surface area contributed by atoms with Gasteiger partial charge in [-0.25, -0.2) is 4.98 Å². The molecule has 0 bridgehead atoms. The fourth-order valence-electron chi connectivity index (χ4n) is 2.38. The second-order valence-electron chi connectivity index (χ2n) is 4.58. The summed E-state index contributed by atoms with van der Waals surface area (Å²) in [7, 11) is 0. The predicted octanol–water partition coefficient (Wildman–Crippen LogP) is 1.32. The molecule has 1 aromatic heterocycles. The lowest BCUT2D eigenvalue weighted by molar-refractivity contribution is 0.200. The fourth-order valence-corrected chi connectivity index (χ4v) is 2.38. The maximum absolute atomic E-state index is 9.12. The number of aromatic nitrogens is 2. The lowest BCUT2D eigenvalue weighted by atomic mass is 9.97. The summed E-state index contributed by atoms with van der Waals surface area (Å²) in [5.74, 6) is 2.51. The van der Waals surface area contributed by atoms with Crippen LogP contribution < -0.4 is 0 Å². The quantitative estimate of drug-likeness (QED) is 0.767. The Balaban J connectivity index is 1.88.